The average molecular weight is 442 g/mol. The summed E-state index contributed by atoms with van der Waals surface area (Å²) in [6.45, 7) is 2.99. The molecule has 1 aliphatic heterocycles. The summed E-state index contributed by atoms with van der Waals surface area (Å²) in [7, 11) is 1.68. The van der Waals surface area contributed by atoms with Gasteiger partial charge in [-0.1, -0.05) is 42.5 Å². The number of fused-ring (bicyclic) bond motifs is 5. The maximum Gasteiger partial charge on any atom is 0.167 e. The number of ether oxygens (including phenoxy) is 1. The molecule has 0 aliphatic carbocycles. The summed E-state index contributed by atoms with van der Waals surface area (Å²) in [6.07, 6.45) is 3.50. The Bertz CT molecular complexity index is 1390. The van der Waals surface area contributed by atoms with Crippen molar-refractivity contribution < 1.29 is 4.74 Å². The number of rotatable bonds is 5. The van der Waals surface area contributed by atoms with Crippen LogP contribution < -0.4 is 4.74 Å². The van der Waals surface area contributed by atoms with Gasteiger partial charge in [0.25, 0.3) is 0 Å². The number of hydrogen-bond acceptors (Lipinski definition) is 6. The maximum absolute atomic E-state index is 5.25. The quantitative estimate of drug-likeness (QED) is 0.402. The molecule has 0 fully saturated rings. The lowest BCUT2D eigenvalue weighted by molar-refractivity contribution is 0.249. The molecule has 0 saturated heterocycles. The molecule has 0 unspecified atom stereocenters. The third-order valence-corrected chi connectivity index (χ3v) is 7.20. The van der Waals surface area contributed by atoms with Gasteiger partial charge in [0.1, 0.15) is 16.9 Å². The van der Waals surface area contributed by atoms with Crippen LogP contribution in [0.1, 0.15) is 27.4 Å². The second-order valence-corrected chi connectivity index (χ2v) is 9.28. The molecule has 0 saturated carbocycles. The fourth-order valence-corrected chi connectivity index (χ4v) is 5.69. The minimum Gasteiger partial charge on any atom is -0.497 e. The van der Waals surface area contributed by atoms with Crippen molar-refractivity contribution in [3.8, 4) is 5.75 Å². The van der Waals surface area contributed by atoms with Crippen LogP contribution in [0.15, 0.2) is 60.9 Å². The van der Waals surface area contributed by atoms with Crippen LogP contribution in [0, 0.1) is 0 Å². The molecule has 0 bridgehead atoms. The van der Waals surface area contributed by atoms with E-state index in [1.807, 2.05) is 16.6 Å². The fourth-order valence-electron chi connectivity index (χ4n) is 4.47. The minimum absolute atomic E-state index is 0.685. The molecule has 32 heavy (non-hydrogen) atoms. The summed E-state index contributed by atoms with van der Waals surface area (Å²) in [4.78, 5) is 14.6. The molecule has 0 atom stereocenters. The zero-order chi connectivity index (χ0) is 21.5. The summed E-state index contributed by atoms with van der Waals surface area (Å²) < 4.78 is 7.09. The van der Waals surface area contributed by atoms with Crippen molar-refractivity contribution in [2.45, 2.75) is 25.9 Å². The molecule has 4 heterocycles. The van der Waals surface area contributed by atoms with Crippen LogP contribution in [0.2, 0.25) is 0 Å². The van der Waals surface area contributed by atoms with E-state index in [9.17, 15) is 0 Å². The number of nitrogens with zero attached hydrogens (tertiary/aromatic N) is 5. The molecular formula is C25H23N5OS. The second kappa shape index (κ2) is 8.00. The molecule has 7 heteroatoms. The zero-order valence-electron chi connectivity index (χ0n) is 17.9. The third kappa shape index (κ3) is 3.53. The van der Waals surface area contributed by atoms with Crippen molar-refractivity contribution in [3.05, 3.63) is 88.3 Å². The summed E-state index contributed by atoms with van der Waals surface area (Å²) in [5.74, 6) is 1.67. The Balaban J connectivity index is 1.30. The Morgan fingerprint density at radius 1 is 1.03 bits per heavy atom. The summed E-state index contributed by atoms with van der Waals surface area (Å²) >= 11 is 1.80. The molecule has 6 rings (SSSR count). The van der Waals surface area contributed by atoms with Gasteiger partial charge < -0.3 is 4.74 Å². The third-order valence-electron chi connectivity index (χ3n) is 6.07. The minimum atomic E-state index is 0.685. The summed E-state index contributed by atoms with van der Waals surface area (Å²) in [5, 5.41) is 5.89. The number of methoxy groups -OCH3 is 1. The van der Waals surface area contributed by atoms with Gasteiger partial charge in [0.05, 0.1) is 12.5 Å². The van der Waals surface area contributed by atoms with Crippen LogP contribution >= 0.6 is 11.3 Å². The van der Waals surface area contributed by atoms with E-state index in [1.54, 1.807) is 24.8 Å². The predicted octanol–water partition coefficient (Wildman–Crippen LogP) is 4.50. The van der Waals surface area contributed by atoms with Crippen molar-refractivity contribution in [1.82, 2.24) is 24.5 Å². The van der Waals surface area contributed by atoms with Crippen LogP contribution in [0.3, 0.4) is 0 Å². The molecule has 0 spiro atoms. The van der Waals surface area contributed by atoms with E-state index in [-0.39, 0.29) is 0 Å². The number of thiophene rings is 1. The molecule has 160 valence electrons. The first-order valence-corrected chi connectivity index (χ1v) is 11.6. The lowest BCUT2D eigenvalue weighted by Crippen LogP contribution is -2.29. The topological polar surface area (TPSA) is 55.6 Å². The van der Waals surface area contributed by atoms with Gasteiger partial charge in [-0.25, -0.2) is 14.5 Å². The monoisotopic (exact) mass is 441 g/mol. The first-order valence-electron chi connectivity index (χ1n) is 10.8. The average Bonchev–Trinajstić information content (AvgIpc) is 3.40. The van der Waals surface area contributed by atoms with Crippen LogP contribution in [0.5, 0.6) is 5.75 Å². The number of hydrogen-bond donors (Lipinski definition) is 0. The zero-order valence-corrected chi connectivity index (χ0v) is 18.7. The van der Waals surface area contributed by atoms with Crippen LogP contribution in [0.4, 0.5) is 0 Å². The van der Waals surface area contributed by atoms with E-state index in [1.165, 1.54) is 21.4 Å². The van der Waals surface area contributed by atoms with Gasteiger partial charge in [-0.05, 0) is 35.2 Å². The molecule has 0 radical (unpaired) electrons. The SMILES string of the molecule is COc1ccc(Cc2nc3c4c5c(sc4ncn3n2)CN(Cc2ccccc2)CC5)cc1. The van der Waals surface area contributed by atoms with Gasteiger partial charge in [-0.15, -0.1) is 16.4 Å². The molecule has 3 aromatic heterocycles. The van der Waals surface area contributed by atoms with Crippen molar-refractivity contribution >= 4 is 27.2 Å². The van der Waals surface area contributed by atoms with Crippen molar-refractivity contribution in [2.75, 3.05) is 13.7 Å². The summed E-state index contributed by atoms with van der Waals surface area (Å²) in [6, 6.07) is 18.8. The maximum atomic E-state index is 5.25. The highest BCUT2D eigenvalue weighted by atomic mass is 32.1. The van der Waals surface area contributed by atoms with Gasteiger partial charge in [0.2, 0.25) is 0 Å². The van der Waals surface area contributed by atoms with E-state index < -0.39 is 0 Å². The molecule has 0 amide bonds. The lowest BCUT2D eigenvalue weighted by Gasteiger charge is -2.26. The van der Waals surface area contributed by atoms with Gasteiger partial charge in [0.15, 0.2) is 11.5 Å². The number of aromatic nitrogens is 4. The fraction of sp³-hybridized carbons (Fsp3) is 0.240. The Hall–Kier alpha value is -3.29. The van der Waals surface area contributed by atoms with E-state index >= 15 is 0 Å². The van der Waals surface area contributed by atoms with Gasteiger partial charge in [0, 0.05) is 30.9 Å². The number of benzene rings is 2. The van der Waals surface area contributed by atoms with Crippen LogP contribution in [-0.4, -0.2) is 38.1 Å². The molecule has 6 nitrogen and oxygen atoms in total. The van der Waals surface area contributed by atoms with E-state index in [4.69, 9.17) is 19.8 Å². The lowest BCUT2D eigenvalue weighted by atomic mass is 10.0. The molecule has 5 aromatic rings. The highest BCUT2D eigenvalue weighted by Gasteiger charge is 2.24. The standard InChI is InChI=1S/C25H23N5OS/c1-31-19-9-7-17(8-10-19)13-22-27-24-23-20-11-12-29(14-18-5-3-2-4-6-18)15-21(20)32-25(23)26-16-30(24)28-22/h2-10,16H,11-15H2,1H3. The highest BCUT2D eigenvalue weighted by Crippen LogP contribution is 2.36. The first-order chi connectivity index (χ1) is 15.8. The largest absolute Gasteiger partial charge is 0.497 e. The van der Waals surface area contributed by atoms with E-state index in [0.29, 0.717) is 6.42 Å². The van der Waals surface area contributed by atoms with Crippen LogP contribution in [0.25, 0.3) is 15.9 Å². The van der Waals surface area contributed by atoms with E-state index in [0.717, 1.165) is 53.7 Å². The van der Waals surface area contributed by atoms with Crippen LogP contribution in [-0.2, 0) is 25.9 Å². The Morgan fingerprint density at radius 2 is 1.88 bits per heavy atom. The second-order valence-electron chi connectivity index (χ2n) is 8.20. The molecule has 2 aromatic carbocycles. The van der Waals surface area contributed by atoms with Crippen molar-refractivity contribution in [3.63, 3.8) is 0 Å². The molecular weight excluding hydrogens is 418 g/mol. The van der Waals surface area contributed by atoms with Gasteiger partial charge in [-0.3, -0.25) is 4.90 Å². The smallest absolute Gasteiger partial charge is 0.167 e. The first kappa shape index (κ1) is 19.4. The predicted molar refractivity (Wildman–Crippen MR) is 126 cm³/mol. The van der Waals surface area contributed by atoms with Crippen molar-refractivity contribution in [1.29, 1.82) is 0 Å². The van der Waals surface area contributed by atoms with Crippen molar-refractivity contribution in [2.24, 2.45) is 0 Å². The Morgan fingerprint density at radius 3 is 2.69 bits per heavy atom. The van der Waals surface area contributed by atoms with Gasteiger partial charge in [-0.2, -0.15) is 0 Å². The van der Waals surface area contributed by atoms with E-state index in [2.05, 4.69) is 47.4 Å². The molecule has 1 aliphatic rings. The normalized spacial score (nSPS) is 14.2. The molecule has 0 N–H and O–H groups in total. The van der Waals surface area contributed by atoms with Gasteiger partial charge >= 0.3 is 0 Å². The highest BCUT2D eigenvalue weighted by molar-refractivity contribution is 7.19. The Labute approximate surface area is 190 Å². The summed E-state index contributed by atoms with van der Waals surface area (Å²) in [5.41, 5.74) is 4.84. The Kier molecular flexibility index (Phi) is 4.85.